The van der Waals surface area contributed by atoms with Gasteiger partial charge in [-0.15, -0.1) is 5.14 Å². The zero-order chi connectivity index (χ0) is 22.1. The molecule has 1 heterocycles. The number of aliphatic hydroxyl groups excluding tert-OH is 1. The van der Waals surface area contributed by atoms with Gasteiger partial charge in [0.2, 0.25) is 4.90 Å². The Hall–Kier alpha value is -2.57. The maximum Gasteiger partial charge on any atom is 0.419 e. The lowest BCUT2D eigenvalue weighted by molar-refractivity contribution is -0.137. The number of halogens is 4. The van der Waals surface area contributed by atoms with E-state index in [1.165, 1.54) is 30.3 Å². The van der Waals surface area contributed by atoms with Crippen LogP contribution in [0.1, 0.15) is 17.2 Å². The third-order valence-corrected chi connectivity index (χ3v) is 5.15. The molecular weight excluding hydrogens is 445 g/mol. The van der Waals surface area contributed by atoms with E-state index >= 15 is 0 Å². The zero-order valence-corrected chi connectivity index (χ0v) is 16.5. The molecule has 0 aliphatic heterocycles. The second-order valence-corrected chi connectivity index (χ2v) is 7.51. The Morgan fingerprint density at radius 1 is 1.30 bits per heavy atom. The number of hydrogen-bond acceptors (Lipinski definition) is 5. The molecule has 1 amide bonds. The molecule has 0 aliphatic carbocycles. The molecular formula is C18H14ClF3N4O3S. The summed E-state index contributed by atoms with van der Waals surface area (Å²) in [7, 11) is 0. The molecule has 3 aromatic rings. The quantitative estimate of drug-likeness (QED) is 0.508. The van der Waals surface area contributed by atoms with Gasteiger partial charge >= 0.3 is 6.18 Å². The SMILES string of the molecule is N[S+]([O-])c1cc(NC(=O)C(O)c2ccccc2Cl)ccc1-n1cc(C(F)(F)F)cn1. The van der Waals surface area contributed by atoms with Crippen LogP contribution >= 0.6 is 11.6 Å². The number of aliphatic hydroxyl groups is 1. The van der Waals surface area contributed by atoms with Crippen molar-refractivity contribution in [2.45, 2.75) is 17.2 Å². The van der Waals surface area contributed by atoms with Gasteiger partial charge in [-0.2, -0.15) is 18.3 Å². The highest BCUT2D eigenvalue weighted by Gasteiger charge is 2.33. The molecule has 3 rings (SSSR count). The Balaban J connectivity index is 1.87. The van der Waals surface area contributed by atoms with E-state index in [0.717, 1.165) is 10.9 Å². The molecule has 0 saturated heterocycles. The van der Waals surface area contributed by atoms with Crippen molar-refractivity contribution in [2.24, 2.45) is 5.14 Å². The third-order valence-electron chi connectivity index (χ3n) is 4.05. The molecule has 7 nitrogen and oxygen atoms in total. The number of hydrogen-bond donors (Lipinski definition) is 3. The highest BCUT2D eigenvalue weighted by Crippen LogP contribution is 2.31. The molecule has 2 aromatic carbocycles. The molecule has 0 aliphatic rings. The van der Waals surface area contributed by atoms with Crippen molar-refractivity contribution in [3.8, 4) is 5.69 Å². The molecule has 2 unspecified atom stereocenters. The van der Waals surface area contributed by atoms with Crippen LogP contribution in [0.15, 0.2) is 59.8 Å². The number of nitrogens with one attached hydrogen (secondary N) is 1. The van der Waals surface area contributed by atoms with Gasteiger partial charge in [0.15, 0.2) is 6.10 Å². The number of alkyl halides is 3. The molecule has 0 spiro atoms. The van der Waals surface area contributed by atoms with Crippen molar-refractivity contribution >= 4 is 34.6 Å². The van der Waals surface area contributed by atoms with E-state index in [9.17, 15) is 27.6 Å². The van der Waals surface area contributed by atoms with E-state index in [4.69, 9.17) is 16.7 Å². The first-order chi connectivity index (χ1) is 14.1. The van der Waals surface area contributed by atoms with Crippen molar-refractivity contribution in [1.82, 2.24) is 9.78 Å². The van der Waals surface area contributed by atoms with Crippen molar-refractivity contribution in [1.29, 1.82) is 0 Å². The smallest absolute Gasteiger partial charge is 0.419 e. The number of nitrogens with zero attached hydrogens (tertiary/aromatic N) is 2. The van der Waals surface area contributed by atoms with Gasteiger partial charge in [-0.3, -0.25) is 4.79 Å². The first-order valence-electron chi connectivity index (χ1n) is 8.23. The first kappa shape index (κ1) is 22.1. The molecule has 0 bridgehead atoms. The number of aromatic nitrogens is 2. The molecule has 12 heteroatoms. The van der Waals surface area contributed by atoms with Crippen LogP contribution < -0.4 is 10.5 Å². The van der Waals surface area contributed by atoms with Crippen LogP contribution in [0.3, 0.4) is 0 Å². The van der Waals surface area contributed by atoms with Crippen molar-refractivity contribution < 1.29 is 27.6 Å². The Morgan fingerprint density at radius 3 is 2.60 bits per heavy atom. The Kier molecular flexibility index (Phi) is 6.38. The van der Waals surface area contributed by atoms with Gasteiger partial charge in [0.05, 0.1) is 23.1 Å². The average molecular weight is 459 g/mol. The van der Waals surface area contributed by atoms with Gasteiger partial charge in [-0.1, -0.05) is 29.8 Å². The van der Waals surface area contributed by atoms with E-state index in [-0.39, 0.29) is 26.9 Å². The third kappa shape index (κ3) is 4.77. The van der Waals surface area contributed by atoms with E-state index in [1.807, 2.05) is 0 Å². The van der Waals surface area contributed by atoms with Gasteiger partial charge in [-0.05, 0) is 18.2 Å². The molecule has 0 saturated carbocycles. The standard InChI is InChI=1S/C18H14ClF3N4O3S/c19-13-4-2-1-3-12(13)16(27)17(28)25-11-5-6-14(15(7-11)30(23)29)26-9-10(8-24-26)18(20,21)22/h1-9,16,27H,23H2,(H,25,28). The van der Waals surface area contributed by atoms with Gasteiger partial charge in [0.1, 0.15) is 5.69 Å². The van der Waals surface area contributed by atoms with Crippen molar-refractivity contribution in [3.05, 3.63) is 71.0 Å². The maximum atomic E-state index is 12.8. The van der Waals surface area contributed by atoms with Crippen LogP contribution in [-0.2, 0) is 22.3 Å². The summed E-state index contributed by atoms with van der Waals surface area (Å²) in [5, 5.41) is 21.9. The van der Waals surface area contributed by atoms with Crippen LogP contribution in [0.25, 0.3) is 5.69 Å². The normalized spacial score (nSPS) is 13.7. The molecule has 0 radical (unpaired) electrons. The topological polar surface area (TPSA) is 116 Å². The zero-order valence-electron chi connectivity index (χ0n) is 14.9. The predicted molar refractivity (Wildman–Crippen MR) is 104 cm³/mol. The minimum Gasteiger partial charge on any atom is -0.593 e. The monoisotopic (exact) mass is 458 g/mol. The van der Waals surface area contributed by atoms with Crippen molar-refractivity contribution in [3.63, 3.8) is 0 Å². The fourth-order valence-corrected chi connectivity index (χ4v) is 3.44. The lowest BCUT2D eigenvalue weighted by Crippen LogP contribution is -2.22. The summed E-state index contributed by atoms with van der Waals surface area (Å²) in [5.74, 6) is -0.817. The average Bonchev–Trinajstić information content (AvgIpc) is 3.18. The fourth-order valence-electron chi connectivity index (χ4n) is 2.59. The fraction of sp³-hybridized carbons (Fsp3) is 0.111. The second-order valence-electron chi connectivity index (χ2n) is 6.06. The summed E-state index contributed by atoms with van der Waals surface area (Å²) in [6.07, 6.45) is -4.82. The van der Waals surface area contributed by atoms with Gasteiger partial charge < -0.3 is 15.0 Å². The molecule has 4 N–H and O–H groups in total. The summed E-state index contributed by atoms with van der Waals surface area (Å²) in [6.45, 7) is 0. The summed E-state index contributed by atoms with van der Waals surface area (Å²) in [6, 6.07) is 10.1. The van der Waals surface area contributed by atoms with E-state index in [1.54, 1.807) is 12.1 Å². The van der Waals surface area contributed by atoms with Crippen molar-refractivity contribution in [2.75, 3.05) is 5.32 Å². The highest BCUT2D eigenvalue weighted by atomic mass is 35.5. The predicted octanol–water partition coefficient (Wildman–Crippen LogP) is 3.20. The lowest BCUT2D eigenvalue weighted by atomic mass is 10.1. The lowest BCUT2D eigenvalue weighted by Gasteiger charge is -2.15. The van der Waals surface area contributed by atoms with Crippen LogP contribution in [0.4, 0.5) is 18.9 Å². The Bertz CT molecular complexity index is 1070. The summed E-state index contributed by atoms with van der Waals surface area (Å²) in [4.78, 5) is 12.3. The highest BCUT2D eigenvalue weighted by molar-refractivity contribution is 7.89. The van der Waals surface area contributed by atoms with Crippen LogP contribution in [0.2, 0.25) is 5.02 Å². The summed E-state index contributed by atoms with van der Waals surface area (Å²) >= 11 is 3.86. The number of anilines is 1. The number of benzene rings is 2. The number of carbonyl (C=O) groups excluding carboxylic acids is 1. The molecule has 2 atom stereocenters. The molecule has 1 aromatic heterocycles. The largest absolute Gasteiger partial charge is 0.593 e. The minimum absolute atomic E-state index is 0.0379. The van der Waals surface area contributed by atoms with Gasteiger partial charge in [0, 0.05) is 28.5 Å². The second kappa shape index (κ2) is 8.66. The maximum absolute atomic E-state index is 12.8. The number of carbonyl (C=O) groups is 1. The summed E-state index contributed by atoms with van der Waals surface area (Å²) in [5.41, 5.74) is -0.647. The van der Waals surface area contributed by atoms with E-state index in [0.29, 0.717) is 6.20 Å². The number of nitrogens with two attached hydrogens (primary N) is 1. The molecule has 30 heavy (non-hydrogen) atoms. The number of amides is 1. The minimum atomic E-state index is -4.59. The summed E-state index contributed by atoms with van der Waals surface area (Å²) < 4.78 is 51.2. The number of rotatable bonds is 5. The Labute approximate surface area is 176 Å². The molecule has 158 valence electrons. The van der Waals surface area contributed by atoms with Crippen LogP contribution in [-0.4, -0.2) is 25.3 Å². The van der Waals surface area contributed by atoms with E-state index in [2.05, 4.69) is 10.4 Å². The Morgan fingerprint density at radius 2 is 2.00 bits per heavy atom. The van der Waals surface area contributed by atoms with Gasteiger partial charge in [0.25, 0.3) is 5.91 Å². The molecule has 0 fully saturated rings. The van der Waals surface area contributed by atoms with E-state index < -0.39 is 35.1 Å². The van der Waals surface area contributed by atoms with Crippen LogP contribution in [0, 0.1) is 0 Å². The van der Waals surface area contributed by atoms with Crippen LogP contribution in [0.5, 0.6) is 0 Å². The van der Waals surface area contributed by atoms with Gasteiger partial charge in [-0.25, -0.2) is 4.68 Å². The first-order valence-corrected chi connectivity index (χ1v) is 9.83.